The predicted molar refractivity (Wildman–Crippen MR) is 117 cm³/mol. The van der Waals surface area contributed by atoms with E-state index < -0.39 is 0 Å². The standard InChI is InChI=1S/C19H36N4O2.HI/c1-20-19(21-14-16-6-9-23(15-16)17-4-5-17)22-10-7-18(8-11-22)25-13-3-12-24-2;/h16-18H,3-15H2,1-2H3,(H,20,21);1H. The SMILES string of the molecule is CN=C(NCC1CCN(C2CC2)C1)N1CCC(OCCCOC)CC1.I. The first-order valence-electron chi connectivity index (χ1n) is 10.1. The second-order valence-corrected chi connectivity index (χ2v) is 7.71. The van der Waals surface area contributed by atoms with Gasteiger partial charge < -0.3 is 24.6 Å². The lowest BCUT2D eigenvalue weighted by molar-refractivity contribution is 0.00988. The van der Waals surface area contributed by atoms with Gasteiger partial charge in [-0.15, -0.1) is 24.0 Å². The molecule has 6 nitrogen and oxygen atoms in total. The topological polar surface area (TPSA) is 49.3 Å². The van der Waals surface area contributed by atoms with E-state index in [1.54, 1.807) is 7.11 Å². The van der Waals surface area contributed by atoms with Gasteiger partial charge in [-0.05, 0) is 51.0 Å². The Morgan fingerprint density at radius 3 is 2.50 bits per heavy atom. The van der Waals surface area contributed by atoms with E-state index in [4.69, 9.17) is 9.47 Å². The summed E-state index contributed by atoms with van der Waals surface area (Å²) in [7, 11) is 3.65. The third-order valence-electron chi connectivity index (χ3n) is 5.73. The monoisotopic (exact) mass is 480 g/mol. The van der Waals surface area contributed by atoms with E-state index in [0.717, 1.165) is 70.0 Å². The Morgan fingerprint density at radius 2 is 1.85 bits per heavy atom. The Bertz CT molecular complexity index is 426. The number of rotatable bonds is 8. The van der Waals surface area contributed by atoms with Crippen LogP contribution in [0, 0.1) is 5.92 Å². The lowest BCUT2D eigenvalue weighted by Gasteiger charge is -2.34. The Hall–Kier alpha value is -0.120. The van der Waals surface area contributed by atoms with E-state index in [9.17, 15) is 0 Å². The molecule has 0 aromatic heterocycles. The molecule has 1 unspecified atom stereocenters. The van der Waals surface area contributed by atoms with E-state index in [-0.39, 0.29) is 24.0 Å². The molecule has 3 rings (SSSR count). The molecule has 2 heterocycles. The molecule has 1 aliphatic carbocycles. The Labute approximate surface area is 176 Å². The zero-order chi connectivity index (χ0) is 17.5. The van der Waals surface area contributed by atoms with Crippen LogP contribution in [0.4, 0.5) is 0 Å². The first kappa shape index (κ1) is 22.2. The summed E-state index contributed by atoms with van der Waals surface area (Å²) in [5.41, 5.74) is 0. The van der Waals surface area contributed by atoms with Gasteiger partial charge in [-0.2, -0.15) is 0 Å². The zero-order valence-electron chi connectivity index (χ0n) is 16.5. The number of methoxy groups -OCH3 is 1. The van der Waals surface area contributed by atoms with Crippen molar-refractivity contribution in [1.82, 2.24) is 15.1 Å². The number of ether oxygens (including phenoxy) is 2. The number of hydrogen-bond acceptors (Lipinski definition) is 4. The van der Waals surface area contributed by atoms with Gasteiger partial charge in [0.25, 0.3) is 0 Å². The van der Waals surface area contributed by atoms with Gasteiger partial charge in [0.15, 0.2) is 5.96 Å². The van der Waals surface area contributed by atoms with Crippen molar-refractivity contribution in [3.05, 3.63) is 0 Å². The lowest BCUT2D eigenvalue weighted by atomic mass is 10.1. The highest BCUT2D eigenvalue weighted by molar-refractivity contribution is 14.0. The van der Waals surface area contributed by atoms with Crippen molar-refractivity contribution in [2.24, 2.45) is 10.9 Å². The van der Waals surface area contributed by atoms with Gasteiger partial charge >= 0.3 is 0 Å². The van der Waals surface area contributed by atoms with E-state index >= 15 is 0 Å². The maximum atomic E-state index is 5.96. The van der Waals surface area contributed by atoms with E-state index in [1.807, 2.05) is 7.05 Å². The zero-order valence-corrected chi connectivity index (χ0v) is 18.8. The van der Waals surface area contributed by atoms with Crippen LogP contribution in [0.1, 0.15) is 38.5 Å². The molecule has 3 aliphatic rings. The van der Waals surface area contributed by atoms with Crippen molar-refractivity contribution in [2.75, 3.05) is 60.1 Å². The second-order valence-electron chi connectivity index (χ2n) is 7.71. The normalized spacial score (nSPS) is 25.4. The predicted octanol–water partition coefficient (Wildman–Crippen LogP) is 2.18. The van der Waals surface area contributed by atoms with Crippen molar-refractivity contribution in [3.63, 3.8) is 0 Å². The number of halogens is 1. The average molecular weight is 480 g/mol. The molecular weight excluding hydrogens is 443 g/mol. The summed E-state index contributed by atoms with van der Waals surface area (Å²) in [5, 5.41) is 3.63. The average Bonchev–Trinajstić information content (AvgIpc) is 3.39. The smallest absolute Gasteiger partial charge is 0.193 e. The number of nitrogens with zero attached hydrogens (tertiary/aromatic N) is 3. The largest absolute Gasteiger partial charge is 0.385 e. The summed E-state index contributed by atoms with van der Waals surface area (Å²) in [6, 6.07) is 0.909. The third kappa shape index (κ3) is 6.80. The van der Waals surface area contributed by atoms with Gasteiger partial charge in [-0.1, -0.05) is 0 Å². The van der Waals surface area contributed by atoms with Crippen molar-refractivity contribution >= 4 is 29.9 Å². The fourth-order valence-corrected chi connectivity index (χ4v) is 4.06. The van der Waals surface area contributed by atoms with Gasteiger partial charge in [0, 0.05) is 59.6 Å². The van der Waals surface area contributed by atoms with Gasteiger partial charge in [0.05, 0.1) is 6.10 Å². The Kier molecular flexibility index (Phi) is 9.94. The third-order valence-corrected chi connectivity index (χ3v) is 5.73. The molecule has 2 aliphatic heterocycles. The molecule has 0 spiro atoms. The summed E-state index contributed by atoms with van der Waals surface area (Å²) in [6.45, 7) is 7.29. The summed E-state index contributed by atoms with van der Waals surface area (Å²) >= 11 is 0. The molecule has 1 saturated carbocycles. The summed E-state index contributed by atoms with van der Waals surface area (Å²) < 4.78 is 11.0. The summed E-state index contributed by atoms with van der Waals surface area (Å²) in [5.74, 6) is 1.85. The van der Waals surface area contributed by atoms with Crippen molar-refractivity contribution < 1.29 is 9.47 Å². The second kappa shape index (κ2) is 11.7. The van der Waals surface area contributed by atoms with Crippen molar-refractivity contribution in [3.8, 4) is 0 Å². The number of guanidine groups is 1. The quantitative estimate of drug-likeness (QED) is 0.250. The van der Waals surface area contributed by atoms with Gasteiger partial charge in [-0.25, -0.2) is 0 Å². The van der Waals surface area contributed by atoms with Crippen LogP contribution in [0.15, 0.2) is 4.99 Å². The van der Waals surface area contributed by atoms with Crippen molar-refractivity contribution in [2.45, 2.75) is 50.7 Å². The molecule has 3 fully saturated rings. The van der Waals surface area contributed by atoms with Crippen LogP contribution in [0.3, 0.4) is 0 Å². The number of likely N-dealkylation sites (tertiary alicyclic amines) is 2. The molecule has 0 bridgehead atoms. The van der Waals surface area contributed by atoms with Crippen LogP contribution >= 0.6 is 24.0 Å². The first-order chi connectivity index (χ1) is 12.3. The van der Waals surface area contributed by atoms with E-state index in [0.29, 0.717) is 6.10 Å². The van der Waals surface area contributed by atoms with Gasteiger partial charge in [-0.3, -0.25) is 4.99 Å². The Balaban J connectivity index is 0.00000243. The summed E-state index contributed by atoms with van der Waals surface area (Å²) in [4.78, 5) is 9.58. The Morgan fingerprint density at radius 1 is 1.08 bits per heavy atom. The van der Waals surface area contributed by atoms with Crippen molar-refractivity contribution in [1.29, 1.82) is 0 Å². The van der Waals surface area contributed by atoms with Crippen LogP contribution in [-0.2, 0) is 9.47 Å². The molecule has 0 radical (unpaired) electrons. The lowest BCUT2D eigenvalue weighted by Crippen LogP contribution is -2.48. The van der Waals surface area contributed by atoms with E-state index in [2.05, 4.69) is 20.1 Å². The highest BCUT2D eigenvalue weighted by Gasteiger charge is 2.34. The molecule has 2 saturated heterocycles. The minimum absolute atomic E-state index is 0. The van der Waals surface area contributed by atoms with Crippen LogP contribution in [0.5, 0.6) is 0 Å². The fourth-order valence-electron chi connectivity index (χ4n) is 4.06. The summed E-state index contributed by atoms with van der Waals surface area (Å²) in [6.07, 6.45) is 7.73. The minimum atomic E-state index is 0. The molecule has 0 aromatic carbocycles. The van der Waals surface area contributed by atoms with Crippen LogP contribution in [-0.4, -0.2) is 88.0 Å². The maximum Gasteiger partial charge on any atom is 0.193 e. The molecule has 0 amide bonds. The number of aliphatic imine (C=N–C) groups is 1. The van der Waals surface area contributed by atoms with Crippen LogP contribution in [0.25, 0.3) is 0 Å². The maximum absolute atomic E-state index is 5.96. The number of hydrogen-bond donors (Lipinski definition) is 1. The van der Waals surface area contributed by atoms with Crippen LogP contribution < -0.4 is 5.32 Å². The van der Waals surface area contributed by atoms with Gasteiger partial charge in [0.1, 0.15) is 0 Å². The molecule has 1 N–H and O–H groups in total. The molecule has 1 atom stereocenters. The number of nitrogens with one attached hydrogen (secondary N) is 1. The minimum Gasteiger partial charge on any atom is -0.385 e. The molecule has 0 aromatic rings. The molecule has 152 valence electrons. The fraction of sp³-hybridized carbons (Fsp3) is 0.947. The molecular formula is C19H37IN4O2. The highest BCUT2D eigenvalue weighted by atomic mass is 127. The van der Waals surface area contributed by atoms with Gasteiger partial charge in [0.2, 0.25) is 0 Å². The van der Waals surface area contributed by atoms with Crippen LogP contribution in [0.2, 0.25) is 0 Å². The number of piperidine rings is 1. The van der Waals surface area contributed by atoms with E-state index in [1.165, 1.54) is 32.4 Å². The molecule has 26 heavy (non-hydrogen) atoms. The molecule has 7 heteroatoms. The highest BCUT2D eigenvalue weighted by Crippen LogP contribution is 2.31. The first-order valence-corrected chi connectivity index (χ1v) is 10.1.